The van der Waals surface area contributed by atoms with Crippen LogP contribution in [-0.2, 0) is 19.6 Å². The Labute approximate surface area is 129 Å². The summed E-state index contributed by atoms with van der Waals surface area (Å²) in [5, 5.41) is 0. The lowest BCUT2D eigenvalue weighted by molar-refractivity contribution is -0.130. The minimum atomic E-state index is -3.80. The van der Waals surface area contributed by atoms with Crippen molar-refractivity contribution in [3.05, 3.63) is 24.0 Å². The Bertz CT molecular complexity index is 620. The topological polar surface area (TPSA) is 104 Å². The average Bonchev–Trinajstić information content (AvgIpc) is 2.99. The first-order valence-electron chi connectivity index (χ1n) is 6.99. The molecule has 0 bridgehead atoms. The van der Waals surface area contributed by atoms with Crippen molar-refractivity contribution in [2.75, 3.05) is 25.9 Å². The monoisotopic (exact) mass is 328 g/mol. The molecular formula is C13H20N4O4S. The first kappa shape index (κ1) is 16.5. The molecular weight excluding hydrogens is 308 g/mol. The molecule has 22 heavy (non-hydrogen) atoms. The lowest BCUT2D eigenvalue weighted by Crippen LogP contribution is -2.43. The molecule has 0 aromatic carbocycles. The smallest absolute Gasteiger partial charge is 0.279 e. The molecule has 0 unspecified atom stereocenters. The second-order valence-electron chi connectivity index (χ2n) is 5.37. The quantitative estimate of drug-likeness (QED) is 0.419. The highest BCUT2D eigenvalue weighted by Gasteiger charge is 2.25. The van der Waals surface area contributed by atoms with Gasteiger partial charge in [-0.1, -0.05) is 6.08 Å². The van der Waals surface area contributed by atoms with E-state index < -0.39 is 15.9 Å². The maximum absolute atomic E-state index is 12.1. The van der Waals surface area contributed by atoms with Gasteiger partial charge in [-0.25, -0.2) is 14.3 Å². The van der Waals surface area contributed by atoms with E-state index >= 15 is 0 Å². The van der Waals surface area contributed by atoms with E-state index in [1.165, 1.54) is 6.20 Å². The summed E-state index contributed by atoms with van der Waals surface area (Å²) in [6.07, 6.45) is 8.03. The molecule has 0 aliphatic carbocycles. The summed E-state index contributed by atoms with van der Waals surface area (Å²) in [4.78, 5) is 27.5. The van der Waals surface area contributed by atoms with Gasteiger partial charge < -0.3 is 9.80 Å². The Morgan fingerprint density at radius 2 is 1.95 bits per heavy atom. The number of rotatable bonds is 4. The highest BCUT2D eigenvalue weighted by atomic mass is 32.2. The van der Waals surface area contributed by atoms with E-state index in [0.29, 0.717) is 0 Å². The Morgan fingerprint density at radius 3 is 2.55 bits per heavy atom. The molecule has 9 heteroatoms. The van der Waals surface area contributed by atoms with Crippen molar-refractivity contribution >= 4 is 21.8 Å². The number of amides is 2. The largest absolute Gasteiger partial charge is 0.345 e. The molecule has 2 aliphatic rings. The fourth-order valence-electron chi connectivity index (χ4n) is 2.37. The summed E-state index contributed by atoms with van der Waals surface area (Å²) < 4.78 is 22.8. The Hall–Kier alpha value is -1.87. The molecule has 0 radical (unpaired) electrons. The van der Waals surface area contributed by atoms with Crippen molar-refractivity contribution in [3.63, 3.8) is 0 Å². The third-order valence-electron chi connectivity index (χ3n) is 3.57. The fourth-order valence-corrected chi connectivity index (χ4v) is 2.79. The molecule has 2 rings (SSSR count). The summed E-state index contributed by atoms with van der Waals surface area (Å²) in [5.74, 6) is 4.51. The van der Waals surface area contributed by atoms with Crippen molar-refractivity contribution in [1.29, 1.82) is 0 Å². The first-order chi connectivity index (χ1) is 10.3. The third-order valence-corrected chi connectivity index (χ3v) is 4.45. The number of likely N-dealkylation sites (tertiary alicyclic amines) is 1. The molecule has 0 saturated carbocycles. The molecule has 0 atom stereocenters. The molecule has 0 aromatic rings. The van der Waals surface area contributed by atoms with Crippen molar-refractivity contribution < 1.29 is 18.0 Å². The van der Waals surface area contributed by atoms with Gasteiger partial charge in [0.25, 0.3) is 5.91 Å². The lowest BCUT2D eigenvalue weighted by atomic mass is 10.1. The van der Waals surface area contributed by atoms with Gasteiger partial charge in [0, 0.05) is 31.1 Å². The van der Waals surface area contributed by atoms with E-state index in [0.717, 1.165) is 32.2 Å². The summed E-state index contributed by atoms with van der Waals surface area (Å²) >= 11 is 0. The molecule has 2 heterocycles. The number of sulfonamides is 1. The fraction of sp³-hybridized carbons (Fsp3) is 0.538. The van der Waals surface area contributed by atoms with Gasteiger partial charge >= 0.3 is 0 Å². The van der Waals surface area contributed by atoms with Crippen molar-refractivity contribution in [1.82, 2.24) is 14.2 Å². The van der Waals surface area contributed by atoms with Crippen LogP contribution in [0.2, 0.25) is 0 Å². The maximum atomic E-state index is 12.1. The maximum Gasteiger partial charge on any atom is 0.279 e. The number of nitrogens with two attached hydrogens (primary N) is 1. The van der Waals surface area contributed by atoms with E-state index in [2.05, 4.69) is 0 Å². The molecule has 0 spiro atoms. The summed E-state index contributed by atoms with van der Waals surface area (Å²) in [7, 11) is -3.80. The number of carbonyl (C=O) groups excluding carboxylic acids is 2. The number of hydrogen-bond acceptors (Lipinski definition) is 6. The molecule has 2 aliphatic heterocycles. The van der Waals surface area contributed by atoms with E-state index in [1.54, 1.807) is 22.1 Å². The van der Waals surface area contributed by atoms with E-state index in [9.17, 15) is 18.0 Å². The van der Waals surface area contributed by atoms with Gasteiger partial charge in [-0.05, 0) is 19.3 Å². The standard InChI is InChI=1S/C13H20N4O4S/c1-22(20,21)17(14)13(19)11-5-4-6-15(9-11)10-12(18)16-7-2-3-8-16/h4,6,9H,2-3,5,7-8,10,14H2,1H3. The Balaban J connectivity index is 2.03. The van der Waals surface area contributed by atoms with Gasteiger partial charge in [0.05, 0.1) is 6.26 Å². The van der Waals surface area contributed by atoms with Crippen LogP contribution in [0.3, 0.4) is 0 Å². The zero-order valence-electron chi connectivity index (χ0n) is 12.4. The summed E-state index contributed by atoms with van der Waals surface area (Å²) in [6, 6.07) is 0. The normalized spacial score (nSPS) is 18.4. The number of allylic oxidation sites excluding steroid dienone is 1. The Morgan fingerprint density at radius 1 is 1.32 bits per heavy atom. The molecule has 1 fully saturated rings. The van der Waals surface area contributed by atoms with E-state index in [4.69, 9.17) is 5.84 Å². The van der Waals surface area contributed by atoms with Crippen LogP contribution in [0, 0.1) is 0 Å². The van der Waals surface area contributed by atoms with Crippen LogP contribution in [0.15, 0.2) is 24.0 Å². The lowest BCUT2D eigenvalue weighted by Gasteiger charge is -2.24. The van der Waals surface area contributed by atoms with Gasteiger partial charge in [0.2, 0.25) is 15.9 Å². The van der Waals surface area contributed by atoms with Crippen molar-refractivity contribution in [2.24, 2.45) is 5.84 Å². The second kappa shape index (κ2) is 6.49. The molecule has 0 aromatic heterocycles. The van der Waals surface area contributed by atoms with E-state index in [-0.39, 0.29) is 28.9 Å². The summed E-state index contributed by atoms with van der Waals surface area (Å²) in [6.45, 7) is 1.64. The zero-order chi connectivity index (χ0) is 16.3. The van der Waals surface area contributed by atoms with Crippen LogP contribution in [0.5, 0.6) is 0 Å². The molecule has 2 N–H and O–H groups in total. The third kappa shape index (κ3) is 3.86. The van der Waals surface area contributed by atoms with Gasteiger partial charge in [0.1, 0.15) is 6.54 Å². The van der Waals surface area contributed by atoms with Gasteiger partial charge in [-0.2, -0.15) is 4.41 Å². The highest BCUT2D eigenvalue weighted by molar-refractivity contribution is 7.88. The Kier molecular flexibility index (Phi) is 4.87. The number of hydrogen-bond donors (Lipinski definition) is 1. The first-order valence-corrected chi connectivity index (χ1v) is 8.84. The highest BCUT2D eigenvalue weighted by Crippen LogP contribution is 2.16. The predicted molar refractivity (Wildman–Crippen MR) is 80.2 cm³/mol. The van der Waals surface area contributed by atoms with Gasteiger partial charge in [0.15, 0.2) is 0 Å². The molecule has 8 nitrogen and oxygen atoms in total. The van der Waals surface area contributed by atoms with Crippen LogP contribution >= 0.6 is 0 Å². The van der Waals surface area contributed by atoms with Crippen LogP contribution < -0.4 is 5.84 Å². The minimum Gasteiger partial charge on any atom is -0.345 e. The van der Waals surface area contributed by atoms with Crippen LogP contribution in [-0.4, -0.2) is 60.3 Å². The van der Waals surface area contributed by atoms with Crippen LogP contribution in [0.1, 0.15) is 19.3 Å². The summed E-state index contributed by atoms with van der Waals surface area (Å²) in [5.41, 5.74) is 0.227. The minimum absolute atomic E-state index is 0.0141. The molecule has 1 saturated heterocycles. The van der Waals surface area contributed by atoms with Crippen LogP contribution in [0.4, 0.5) is 0 Å². The number of hydrazine groups is 1. The van der Waals surface area contributed by atoms with Crippen molar-refractivity contribution in [3.8, 4) is 0 Å². The number of nitrogens with zero attached hydrogens (tertiary/aromatic N) is 3. The zero-order valence-corrected chi connectivity index (χ0v) is 13.3. The molecule has 122 valence electrons. The van der Waals surface area contributed by atoms with Crippen molar-refractivity contribution in [2.45, 2.75) is 19.3 Å². The average molecular weight is 328 g/mol. The predicted octanol–water partition coefficient (Wildman–Crippen LogP) is -0.626. The van der Waals surface area contributed by atoms with E-state index in [1.807, 2.05) is 0 Å². The number of carbonyl (C=O) groups is 2. The van der Waals surface area contributed by atoms with Crippen LogP contribution in [0.25, 0.3) is 0 Å². The SMILES string of the molecule is CS(=O)(=O)N(N)C(=O)C1=CN(CC(=O)N2CCCC2)C=CC1. The van der Waals surface area contributed by atoms with Gasteiger partial charge in [-0.3, -0.25) is 9.59 Å². The van der Waals surface area contributed by atoms with Gasteiger partial charge in [-0.15, -0.1) is 0 Å². The second-order valence-corrected chi connectivity index (χ2v) is 7.23. The molecule has 2 amide bonds.